The quantitative estimate of drug-likeness (QED) is 0.434. The molecule has 0 aromatic rings. The van der Waals surface area contributed by atoms with Gasteiger partial charge >= 0.3 is 6.18 Å². The average molecular weight is 379 g/mol. The third kappa shape index (κ3) is 2.55. The highest BCUT2D eigenvalue weighted by Crippen LogP contribution is 2.67. The molecule has 4 rings (SSSR count). The van der Waals surface area contributed by atoms with Gasteiger partial charge in [-0.2, -0.15) is 18.4 Å². The van der Waals surface area contributed by atoms with Gasteiger partial charge in [0, 0.05) is 6.08 Å². The van der Waals surface area contributed by atoms with Crippen LogP contribution in [0.4, 0.5) is 13.2 Å². The summed E-state index contributed by atoms with van der Waals surface area (Å²) >= 11 is 0. The highest BCUT2D eigenvalue weighted by Gasteiger charge is 2.61. The molecule has 4 aliphatic carbocycles. The van der Waals surface area contributed by atoms with Crippen molar-refractivity contribution < 1.29 is 18.3 Å². The van der Waals surface area contributed by atoms with E-state index in [1.165, 1.54) is 5.57 Å². The number of nitriles is 1. The molecule has 2 nitrogen and oxygen atoms in total. The van der Waals surface area contributed by atoms with E-state index in [2.05, 4.69) is 19.9 Å². The van der Waals surface area contributed by atoms with E-state index in [0.29, 0.717) is 30.6 Å². The third-order valence-corrected chi connectivity index (χ3v) is 8.75. The second kappa shape index (κ2) is 5.86. The van der Waals surface area contributed by atoms with Crippen LogP contribution in [0.25, 0.3) is 0 Å². The Bertz CT molecular complexity index is 748. The molecule has 0 radical (unpaired) electrons. The van der Waals surface area contributed by atoms with E-state index >= 15 is 0 Å². The van der Waals surface area contributed by atoms with Gasteiger partial charge in [-0.3, -0.25) is 0 Å². The summed E-state index contributed by atoms with van der Waals surface area (Å²) in [5.74, 6) is 1.42. The standard InChI is InChI=1S/C22H28F3NO/c1-19-9-7-18-16(17(19)6-4-14(19)8-12-26)5-3-15-13-21(27,22(23,24)25)11-10-20(15,18)2/h8,13,16-18,27H,3-7,9-11H2,1-2H3/b14-8-/t16?,17-,18-,19?,20?,21+/m0/s1. The molecule has 3 fully saturated rings. The maximum absolute atomic E-state index is 13.4. The lowest BCUT2D eigenvalue weighted by Gasteiger charge is -2.58. The molecule has 0 amide bonds. The zero-order valence-corrected chi connectivity index (χ0v) is 16.1. The van der Waals surface area contributed by atoms with Crippen LogP contribution in [-0.4, -0.2) is 16.9 Å². The summed E-state index contributed by atoms with van der Waals surface area (Å²) in [5, 5.41) is 19.3. The van der Waals surface area contributed by atoms with Crippen molar-refractivity contribution in [2.24, 2.45) is 28.6 Å². The zero-order chi connectivity index (χ0) is 19.7. The number of hydrogen-bond donors (Lipinski definition) is 1. The number of allylic oxidation sites excluding steroid dienone is 3. The predicted octanol–water partition coefficient (Wildman–Crippen LogP) is 5.69. The van der Waals surface area contributed by atoms with E-state index in [1.807, 2.05) is 0 Å². The molecule has 148 valence electrons. The molecule has 4 aliphatic rings. The molecule has 3 saturated carbocycles. The Morgan fingerprint density at radius 2 is 1.78 bits per heavy atom. The Balaban J connectivity index is 1.66. The normalized spacial score (nSPS) is 48.3. The van der Waals surface area contributed by atoms with Crippen LogP contribution < -0.4 is 0 Å². The third-order valence-electron chi connectivity index (χ3n) is 8.75. The number of hydrogen-bond acceptors (Lipinski definition) is 2. The van der Waals surface area contributed by atoms with E-state index in [1.54, 1.807) is 6.08 Å². The first-order valence-corrected chi connectivity index (χ1v) is 10.2. The minimum absolute atomic E-state index is 0.0792. The molecule has 0 saturated heterocycles. The first-order valence-electron chi connectivity index (χ1n) is 10.2. The number of aliphatic hydroxyl groups is 1. The van der Waals surface area contributed by atoms with Crippen molar-refractivity contribution in [1.82, 2.24) is 0 Å². The average Bonchev–Trinajstić information content (AvgIpc) is 2.92. The molecule has 0 bridgehead atoms. The Hall–Kier alpha value is -1.28. The van der Waals surface area contributed by atoms with E-state index in [-0.39, 0.29) is 17.3 Å². The number of nitrogens with zero attached hydrogens (tertiary/aromatic N) is 1. The summed E-state index contributed by atoms with van der Waals surface area (Å²) in [6, 6.07) is 2.21. The Morgan fingerprint density at radius 3 is 2.44 bits per heavy atom. The molecule has 27 heavy (non-hydrogen) atoms. The van der Waals surface area contributed by atoms with Crippen LogP contribution in [0.15, 0.2) is 23.3 Å². The fraction of sp³-hybridized carbons (Fsp3) is 0.773. The van der Waals surface area contributed by atoms with Gasteiger partial charge in [-0.25, -0.2) is 0 Å². The largest absolute Gasteiger partial charge is 0.420 e. The number of fused-ring (bicyclic) bond motifs is 5. The van der Waals surface area contributed by atoms with E-state index < -0.39 is 11.8 Å². The molecule has 1 N–H and O–H groups in total. The molecule has 6 atom stereocenters. The summed E-state index contributed by atoms with van der Waals surface area (Å²) in [6.45, 7) is 4.43. The fourth-order valence-corrected chi connectivity index (χ4v) is 7.11. The molecule has 0 heterocycles. The second-order valence-corrected chi connectivity index (χ2v) is 9.72. The SMILES string of the molecule is CC12CC[C@](O)(C(F)(F)F)C=C1CCC1[C@@H]2CCC2(C)/C(=C\C#N)CC[C@@H]12. The highest BCUT2D eigenvalue weighted by molar-refractivity contribution is 5.32. The summed E-state index contributed by atoms with van der Waals surface area (Å²) in [7, 11) is 0. The number of alkyl halides is 3. The summed E-state index contributed by atoms with van der Waals surface area (Å²) in [5.41, 5.74) is -0.716. The Labute approximate surface area is 159 Å². The van der Waals surface area contributed by atoms with Gasteiger partial charge in [0.15, 0.2) is 5.60 Å². The van der Waals surface area contributed by atoms with E-state index in [0.717, 1.165) is 43.8 Å². The highest BCUT2D eigenvalue weighted by atomic mass is 19.4. The Morgan fingerprint density at radius 1 is 1.07 bits per heavy atom. The molecule has 0 aromatic heterocycles. The van der Waals surface area contributed by atoms with Crippen LogP contribution in [0.3, 0.4) is 0 Å². The second-order valence-electron chi connectivity index (χ2n) is 9.72. The van der Waals surface area contributed by atoms with E-state index in [4.69, 9.17) is 5.26 Å². The minimum Gasteiger partial charge on any atom is -0.377 e. The first-order chi connectivity index (χ1) is 12.6. The number of rotatable bonds is 0. The van der Waals surface area contributed by atoms with Gasteiger partial charge in [-0.1, -0.05) is 25.0 Å². The lowest BCUT2D eigenvalue weighted by molar-refractivity contribution is -0.247. The van der Waals surface area contributed by atoms with Gasteiger partial charge in [-0.05, 0) is 86.0 Å². The number of halogens is 3. The molecule has 0 spiro atoms. The van der Waals surface area contributed by atoms with Crippen LogP contribution in [0.2, 0.25) is 0 Å². The molecule has 0 aliphatic heterocycles. The monoisotopic (exact) mass is 379 g/mol. The predicted molar refractivity (Wildman–Crippen MR) is 96.4 cm³/mol. The molecule has 5 heteroatoms. The molecular formula is C22H28F3NO. The van der Waals surface area contributed by atoms with Gasteiger partial charge in [0.1, 0.15) is 0 Å². The van der Waals surface area contributed by atoms with Crippen molar-refractivity contribution in [2.75, 3.05) is 0 Å². The van der Waals surface area contributed by atoms with Crippen LogP contribution >= 0.6 is 0 Å². The lowest BCUT2D eigenvalue weighted by atomic mass is 9.46. The van der Waals surface area contributed by atoms with Gasteiger partial charge in [0.05, 0.1) is 6.07 Å². The van der Waals surface area contributed by atoms with Crippen molar-refractivity contribution in [3.63, 3.8) is 0 Å². The maximum atomic E-state index is 13.4. The minimum atomic E-state index is -4.61. The molecule has 0 aromatic carbocycles. The van der Waals surface area contributed by atoms with Gasteiger partial charge < -0.3 is 5.11 Å². The van der Waals surface area contributed by atoms with Crippen LogP contribution in [0, 0.1) is 39.9 Å². The molecular weight excluding hydrogens is 351 g/mol. The summed E-state index contributed by atoms with van der Waals surface area (Å²) in [6.07, 6.45) is 4.10. The lowest BCUT2D eigenvalue weighted by Crippen LogP contribution is -2.54. The Kier molecular flexibility index (Phi) is 4.14. The van der Waals surface area contributed by atoms with Gasteiger partial charge in [0.2, 0.25) is 0 Å². The topological polar surface area (TPSA) is 44.0 Å². The maximum Gasteiger partial charge on any atom is 0.420 e. The zero-order valence-electron chi connectivity index (χ0n) is 16.1. The summed E-state index contributed by atoms with van der Waals surface area (Å²) < 4.78 is 40.1. The molecule has 3 unspecified atom stereocenters. The smallest absolute Gasteiger partial charge is 0.377 e. The van der Waals surface area contributed by atoms with Crippen molar-refractivity contribution in [1.29, 1.82) is 5.26 Å². The fourth-order valence-electron chi connectivity index (χ4n) is 7.11. The first kappa shape index (κ1) is 19.1. The van der Waals surface area contributed by atoms with Crippen molar-refractivity contribution in [3.8, 4) is 6.07 Å². The van der Waals surface area contributed by atoms with Crippen LogP contribution in [0.5, 0.6) is 0 Å². The van der Waals surface area contributed by atoms with Gasteiger partial charge in [-0.15, -0.1) is 0 Å². The van der Waals surface area contributed by atoms with E-state index in [9.17, 15) is 18.3 Å². The van der Waals surface area contributed by atoms with Gasteiger partial charge in [0.25, 0.3) is 0 Å². The van der Waals surface area contributed by atoms with Crippen molar-refractivity contribution >= 4 is 0 Å². The van der Waals surface area contributed by atoms with Crippen molar-refractivity contribution in [2.45, 2.75) is 77.0 Å². The van der Waals surface area contributed by atoms with Crippen LogP contribution in [0.1, 0.15) is 65.2 Å². The van der Waals surface area contributed by atoms with Crippen molar-refractivity contribution in [3.05, 3.63) is 23.3 Å². The van der Waals surface area contributed by atoms with Crippen LogP contribution in [-0.2, 0) is 0 Å². The summed E-state index contributed by atoms with van der Waals surface area (Å²) in [4.78, 5) is 0.